The number of fused-ring (bicyclic) bond motifs is 1. The van der Waals surface area contributed by atoms with E-state index in [9.17, 15) is 14.4 Å². The number of nitrogens with one attached hydrogen (secondary N) is 1. The number of nitrogens with zero attached hydrogens (tertiary/aromatic N) is 2. The minimum Gasteiger partial charge on any atom is -0.341 e. The van der Waals surface area contributed by atoms with Crippen molar-refractivity contribution < 1.29 is 14.4 Å². The van der Waals surface area contributed by atoms with Crippen LogP contribution in [-0.4, -0.2) is 60.2 Å². The molecule has 0 bridgehead atoms. The largest absolute Gasteiger partial charge is 0.341 e. The Morgan fingerprint density at radius 1 is 1.11 bits per heavy atom. The number of imide groups is 1. The molecule has 2 heterocycles. The molecule has 2 aliphatic rings. The molecule has 27 heavy (non-hydrogen) atoms. The molecular formula is C20H28ClN3O3. The molecule has 1 aromatic carbocycles. The lowest BCUT2D eigenvalue weighted by molar-refractivity contribution is -0.138. The first kappa shape index (κ1) is 21.4. The Hall–Kier alpha value is -1.92. The van der Waals surface area contributed by atoms with E-state index in [0.29, 0.717) is 30.1 Å². The highest BCUT2D eigenvalue weighted by Gasteiger charge is 2.45. The van der Waals surface area contributed by atoms with Gasteiger partial charge in [0.2, 0.25) is 5.91 Å². The van der Waals surface area contributed by atoms with Gasteiger partial charge in [-0.05, 0) is 50.4 Å². The summed E-state index contributed by atoms with van der Waals surface area (Å²) in [6, 6.07) is 6.04. The molecule has 1 saturated heterocycles. The summed E-state index contributed by atoms with van der Waals surface area (Å²) in [5.41, 5.74) is 0.785. The lowest BCUT2D eigenvalue weighted by Crippen LogP contribution is -2.55. The van der Waals surface area contributed by atoms with Crippen molar-refractivity contribution in [2.75, 3.05) is 26.7 Å². The first-order chi connectivity index (χ1) is 12.5. The Morgan fingerprint density at radius 2 is 1.63 bits per heavy atom. The molecular weight excluding hydrogens is 366 g/mol. The summed E-state index contributed by atoms with van der Waals surface area (Å²) in [5, 5.41) is 3.19. The molecule has 0 spiro atoms. The van der Waals surface area contributed by atoms with Gasteiger partial charge >= 0.3 is 0 Å². The Kier molecular flexibility index (Phi) is 7.00. The molecule has 0 aliphatic carbocycles. The molecule has 3 rings (SSSR count). The van der Waals surface area contributed by atoms with Crippen LogP contribution in [0.1, 0.15) is 47.4 Å². The van der Waals surface area contributed by atoms with Crippen LogP contribution in [0.5, 0.6) is 0 Å². The molecule has 148 valence electrons. The van der Waals surface area contributed by atoms with Gasteiger partial charge in [-0.1, -0.05) is 26.0 Å². The van der Waals surface area contributed by atoms with Crippen molar-refractivity contribution >= 4 is 30.1 Å². The van der Waals surface area contributed by atoms with E-state index in [2.05, 4.69) is 5.32 Å². The molecule has 1 aromatic rings. The van der Waals surface area contributed by atoms with Crippen molar-refractivity contribution in [1.82, 2.24) is 15.1 Å². The number of piperidine rings is 1. The topological polar surface area (TPSA) is 69.7 Å². The monoisotopic (exact) mass is 393 g/mol. The lowest BCUT2D eigenvalue weighted by Gasteiger charge is -2.37. The molecule has 2 aliphatic heterocycles. The van der Waals surface area contributed by atoms with Crippen molar-refractivity contribution in [3.05, 3.63) is 35.4 Å². The Morgan fingerprint density at radius 3 is 2.07 bits per heavy atom. The van der Waals surface area contributed by atoms with Crippen LogP contribution in [0.4, 0.5) is 0 Å². The molecule has 6 nitrogen and oxygen atoms in total. The molecule has 0 saturated carbocycles. The van der Waals surface area contributed by atoms with Gasteiger partial charge in [-0.2, -0.15) is 0 Å². The van der Waals surface area contributed by atoms with E-state index in [4.69, 9.17) is 0 Å². The van der Waals surface area contributed by atoms with Crippen molar-refractivity contribution in [3.8, 4) is 0 Å². The second kappa shape index (κ2) is 8.85. The van der Waals surface area contributed by atoms with Gasteiger partial charge in [-0.15, -0.1) is 12.4 Å². The molecule has 1 atom stereocenters. The van der Waals surface area contributed by atoms with E-state index in [1.807, 2.05) is 25.8 Å². The summed E-state index contributed by atoms with van der Waals surface area (Å²) >= 11 is 0. The van der Waals surface area contributed by atoms with Gasteiger partial charge in [0.05, 0.1) is 11.1 Å². The van der Waals surface area contributed by atoms with E-state index in [0.717, 1.165) is 19.4 Å². The maximum Gasteiger partial charge on any atom is 0.262 e. The Balaban J connectivity index is 0.00000261. The van der Waals surface area contributed by atoms with Crippen LogP contribution in [0.2, 0.25) is 0 Å². The molecule has 7 heteroatoms. The van der Waals surface area contributed by atoms with Gasteiger partial charge < -0.3 is 10.2 Å². The highest BCUT2D eigenvalue weighted by Crippen LogP contribution is 2.29. The third kappa shape index (κ3) is 4.01. The predicted molar refractivity (Wildman–Crippen MR) is 106 cm³/mol. The van der Waals surface area contributed by atoms with Gasteiger partial charge in [-0.25, -0.2) is 0 Å². The van der Waals surface area contributed by atoms with Crippen LogP contribution in [0, 0.1) is 11.8 Å². The number of carbonyl (C=O) groups excluding carboxylic acids is 3. The lowest BCUT2D eigenvalue weighted by atomic mass is 9.94. The van der Waals surface area contributed by atoms with E-state index >= 15 is 0 Å². The second-order valence-electron chi connectivity index (χ2n) is 7.54. The van der Waals surface area contributed by atoms with Crippen LogP contribution in [-0.2, 0) is 4.79 Å². The zero-order valence-corrected chi connectivity index (χ0v) is 16.9. The van der Waals surface area contributed by atoms with Gasteiger partial charge in [0.15, 0.2) is 0 Å². The zero-order chi connectivity index (χ0) is 18.8. The maximum absolute atomic E-state index is 13.2. The molecule has 0 aromatic heterocycles. The predicted octanol–water partition coefficient (Wildman–Crippen LogP) is 2.19. The van der Waals surface area contributed by atoms with Crippen molar-refractivity contribution in [2.24, 2.45) is 11.8 Å². The summed E-state index contributed by atoms with van der Waals surface area (Å²) in [7, 11) is 1.94. The van der Waals surface area contributed by atoms with Gasteiger partial charge in [0.25, 0.3) is 11.8 Å². The van der Waals surface area contributed by atoms with Crippen molar-refractivity contribution in [2.45, 2.75) is 32.7 Å². The third-order valence-electron chi connectivity index (χ3n) is 5.41. The molecule has 0 radical (unpaired) electrons. The zero-order valence-electron chi connectivity index (χ0n) is 16.1. The third-order valence-corrected chi connectivity index (χ3v) is 5.41. The fourth-order valence-electron chi connectivity index (χ4n) is 3.99. The fourth-order valence-corrected chi connectivity index (χ4v) is 3.99. The maximum atomic E-state index is 13.2. The van der Waals surface area contributed by atoms with Crippen LogP contribution in [0.15, 0.2) is 24.3 Å². The summed E-state index contributed by atoms with van der Waals surface area (Å²) in [4.78, 5) is 41.8. The first-order valence-corrected chi connectivity index (χ1v) is 9.36. The number of amides is 3. The summed E-state index contributed by atoms with van der Waals surface area (Å²) < 4.78 is 0. The molecule has 1 N–H and O–H groups in total. The number of hydrogen-bond acceptors (Lipinski definition) is 4. The first-order valence-electron chi connectivity index (χ1n) is 9.36. The number of rotatable bonds is 5. The average molecular weight is 394 g/mol. The highest BCUT2D eigenvalue weighted by molar-refractivity contribution is 6.22. The van der Waals surface area contributed by atoms with Crippen LogP contribution >= 0.6 is 12.4 Å². The van der Waals surface area contributed by atoms with Crippen LogP contribution < -0.4 is 5.32 Å². The summed E-state index contributed by atoms with van der Waals surface area (Å²) in [6.45, 7) is 6.09. The van der Waals surface area contributed by atoms with Gasteiger partial charge in [0.1, 0.15) is 6.04 Å². The standard InChI is InChI=1S/C20H27N3O3.ClH/c1-13(2)17(20(26)22-10-8-14(9-11-22)12-21-3)23-18(24)15-6-4-5-7-16(15)19(23)25;/h4-7,13-14,17,21H,8-12H2,1-3H3;1H. The smallest absolute Gasteiger partial charge is 0.262 e. The molecule has 1 fully saturated rings. The van der Waals surface area contributed by atoms with Gasteiger partial charge in [-0.3, -0.25) is 19.3 Å². The number of halogens is 1. The Labute approximate surface area is 166 Å². The number of benzene rings is 1. The molecule has 1 unspecified atom stereocenters. The van der Waals surface area contributed by atoms with E-state index in [-0.39, 0.29) is 36.0 Å². The average Bonchev–Trinajstić information content (AvgIpc) is 2.88. The number of hydrogen-bond donors (Lipinski definition) is 1. The Bertz CT molecular complexity index is 679. The summed E-state index contributed by atoms with van der Waals surface area (Å²) in [5.74, 6) is -0.400. The normalized spacial score (nSPS) is 18.5. The minimum absolute atomic E-state index is 0. The van der Waals surface area contributed by atoms with Crippen LogP contribution in [0.25, 0.3) is 0 Å². The summed E-state index contributed by atoms with van der Waals surface area (Å²) in [6.07, 6.45) is 1.89. The molecule has 3 amide bonds. The highest BCUT2D eigenvalue weighted by atomic mass is 35.5. The van der Waals surface area contributed by atoms with Gasteiger partial charge in [0, 0.05) is 13.1 Å². The number of likely N-dealkylation sites (tertiary alicyclic amines) is 1. The fraction of sp³-hybridized carbons (Fsp3) is 0.550. The SMILES string of the molecule is CNCC1CCN(C(=O)C(C(C)C)N2C(=O)c3ccccc3C2=O)CC1.Cl. The van der Waals surface area contributed by atoms with Crippen molar-refractivity contribution in [3.63, 3.8) is 0 Å². The van der Waals surface area contributed by atoms with E-state index in [1.54, 1.807) is 24.3 Å². The van der Waals surface area contributed by atoms with Crippen LogP contribution in [0.3, 0.4) is 0 Å². The van der Waals surface area contributed by atoms with E-state index in [1.165, 1.54) is 4.90 Å². The van der Waals surface area contributed by atoms with E-state index < -0.39 is 6.04 Å². The minimum atomic E-state index is -0.747. The van der Waals surface area contributed by atoms with Crippen molar-refractivity contribution in [1.29, 1.82) is 0 Å². The quantitative estimate of drug-likeness (QED) is 0.778. The second-order valence-corrected chi connectivity index (χ2v) is 7.54. The number of carbonyl (C=O) groups is 3.